The molecule has 1 unspecified atom stereocenters. The summed E-state index contributed by atoms with van der Waals surface area (Å²) in [7, 11) is 1.56. The van der Waals surface area contributed by atoms with Crippen molar-refractivity contribution in [1.82, 2.24) is 5.32 Å². The van der Waals surface area contributed by atoms with E-state index < -0.39 is 17.8 Å². The second-order valence-electron chi connectivity index (χ2n) is 5.01. The van der Waals surface area contributed by atoms with Gasteiger partial charge in [0.1, 0.15) is 6.04 Å². The van der Waals surface area contributed by atoms with Crippen molar-refractivity contribution in [2.45, 2.75) is 37.1 Å². The zero-order valence-electron chi connectivity index (χ0n) is 10.8. The number of benzene rings is 1. The molecule has 0 spiro atoms. The minimum absolute atomic E-state index is 0.225. The second kappa shape index (κ2) is 5.51. The summed E-state index contributed by atoms with van der Waals surface area (Å²) in [4.78, 5) is 0. The first-order valence-corrected chi connectivity index (χ1v) is 6.37. The van der Waals surface area contributed by atoms with Crippen LogP contribution in [0, 0.1) is 0 Å². The highest BCUT2D eigenvalue weighted by Gasteiger charge is 2.44. The van der Waals surface area contributed by atoms with Crippen LogP contribution < -0.4 is 5.32 Å². The second-order valence-corrected chi connectivity index (χ2v) is 5.01. The Kier molecular flexibility index (Phi) is 4.16. The Balaban J connectivity index is 2.07. The number of alkyl halides is 3. The topological polar surface area (TPSA) is 21.3 Å². The smallest absolute Gasteiger partial charge is 0.377 e. The molecule has 1 aliphatic rings. The highest BCUT2D eigenvalue weighted by atomic mass is 19.4. The number of methoxy groups -OCH3 is 1. The minimum Gasteiger partial charge on any atom is -0.377 e. The summed E-state index contributed by atoms with van der Waals surface area (Å²) in [6, 6.07) is 6.29. The number of nitrogens with one attached hydrogen (secondary N) is 1. The molecule has 1 aromatic rings. The third-order valence-corrected chi connectivity index (χ3v) is 3.79. The summed E-state index contributed by atoms with van der Waals surface area (Å²) >= 11 is 0. The fourth-order valence-corrected chi connectivity index (χ4v) is 2.38. The number of hydrogen-bond acceptors (Lipinski definition) is 2. The molecule has 1 N–H and O–H groups in total. The maximum atomic E-state index is 13.1. The van der Waals surface area contributed by atoms with Crippen LogP contribution in [0.25, 0.3) is 0 Å². The van der Waals surface area contributed by atoms with Gasteiger partial charge in [-0.05, 0) is 24.8 Å². The lowest BCUT2D eigenvalue weighted by atomic mass is 9.79. The van der Waals surface area contributed by atoms with Gasteiger partial charge in [-0.3, -0.25) is 5.32 Å². The van der Waals surface area contributed by atoms with E-state index in [1.807, 2.05) is 0 Å². The van der Waals surface area contributed by atoms with Crippen molar-refractivity contribution in [3.63, 3.8) is 0 Å². The molecule has 1 atom stereocenters. The fraction of sp³-hybridized carbons (Fsp3) is 0.571. The highest BCUT2D eigenvalue weighted by Crippen LogP contribution is 2.37. The van der Waals surface area contributed by atoms with E-state index in [1.165, 1.54) is 12.1 Å². The van der Waals surface area contributed by atoms with E-state index in [2.05, 4.69) is 5.32 Å². The number of rotatable bonds is 5. The number of ether oxygens (including phenoxy) is 1. The van der Waals surface area contributed by atoms with Crippen LogP contribution in [0.15, 0.2) is 30.3 Å². The van der Waals surface area contributed by atoms with Crippen molar-refractivity contribution in [2.24, 2.45) is 0 Å². The Bertz CT molecular complexity index is 395. The van der Waals surface area contributed by atoms with Crippen LogP contribution in [0.4, 0.5) is 13.2 Å². The molecular formula is C14H18F3NO. The van der Waals surface area contributed by atoms with Gasteiger partial charge in [-0.25, -0.2) is 0 Å². The van der Waals surface area contributed by atoms with Crippen LogP contribution in [0.2, 0.25) is 0 Å². The van der Waals surface area contributed by atoms with Crippen molar-refractivity contribution < 1.29 is 17.9 Å². The zero-order chi connectivity index (χ0) is 13.9. The molecule has 1 saturated carbocycles. The molecule has 1 fully saturated rings. The van der Waals surface area contributed by atoms with Gasteiger partial charge < -0.3 is 4.74 Å². The molecule has 0 aliphatic heterocycles. The van der Waals surface area contributed by atoms with Gasteiger partial charge in [0.15, 0.2) is 0 Å². The van der Waals surface area contributed by atoms with Gasteiger partial charge in [-0.1, -0.05) is 30.3 Å². The third kappa shape index (κ3) is 3.28. The molecule has 0 amide bonds. The number of hydrogen-bond donors (Lipinski definition) is 1. The highest BCUT2D eigenvalue weighted by molar-refractivity contribution is 5.20. The van der Waals surface area contributed by atoms with Crippen LogP contribution in [-0.4, -0.2) is 25.4 Å². The van der Waals surface area contributed by atoms with E-state index in [9.17, 15) is 13.2 Å². The molecule has 0 saturated heterocycles. The van der Waals surface area contributed by atoms with E-state index in [0.29, 0.717) is 0 Å². The number of halogens is 3. The quantitative estimate of drug-likeness (QED) is 0.887. The summed E-state index contributed by atoms with van der Waals surface area (Å²) in [5.74, 6) is 0. The summed E-state index contributed by atoms with van der Waals surface area (Å²) in [5.41, 5.74) is -0.182. The Morgan fingerprint density at radius 3 is 2.32 bits per heavy atom. The molecule has 0 heterocycles. The van der Waals surface area contributed by atoms with Gasteiger partial charge in [0.25, 0.3) is 0 Å². The van der Waals surface area contributed by atoms with E-state index in [1.54, 1.807) is 25.3 Å². The van der Waals surface area contributed by atoms with Gasteiger partial charge >= 0.3 is 6.18 Å². The standard InChI is InChI=1S/C14H18F3NO/c1-19-13(8-5-9-13)10-18-12(14(15,16)17)11-6-3-2-4-7-11/h2-4,6-7,12,18H,5,8-10H2,1H3. The third-order valence-electron chi connectivity index (χ3n) is 3.79. The van der Waals surface area contributed by atoms with Crippen molar-refractivity contribution in [2.75, 3.05) is 13.7 Å². The SMILES string of the molecule is COC1(CNC(c2ccccc2)C(F)(F)F)CCC1. The molecule has 2 rings (SSSR count). The monoisotopic (exact) mass is 273 g/mol. The first kappa shape index (κ1) is 14.3. The summed E-state index contributed by atoms with van der Waals surface area (Å²) in [6.07, 6.45) is -1.66. The molecule has 0 aromatic heterocycles. The van der Waals surface area contributed by atoms with Crippen LogP contribution in [0.3, 0.4) is 0 Å². The largest absolute Gasteiger partial charge is 0.407 e. The lowest BCUT2D eigenvalue weighted by Gasteiger charge is -2.41. The first-order valence-electron chi connectivity index (χ1n) is 6.37. The normalized spacial score (nSPS) is 19.8. The van der Waals surface area contributed by atoms with Crippen LogP contribution >= 0.6 is 0 Å². The Morgan fingerprint density at radius 2 is 1.89 bits per heavy atom. The molecule has 5 heteroatoms. The van der Waals surface area contributed by atoms with Crippen molar-refractivity contribution in [3.05, 3.63) is 35.9 Å². The molecule has 19 heavy (non-hydrogen) atoms. The predicted molar refractivity (Wildman–Crippen MR) is 66.8 cm³/mol. The molecule has 106 valence electrons. The lowest BCUT2D eigenvalue weighted by molar-refractivity contribution is -0.163. The average Bonchev–Trinajstić information content (AvgIpc) is 2.32. The summed E-state index contributed by atoms with van der Waals surface area (Å²) in [6.45, 7) is 0.225. The maximum Gasteiger partial charge on any atom is 0.407 e. The van der Waals surface area contributed by atoms with Gasteiger partial charge in [0.2, 0.25) is 0 Å². The first-order chi connectivity index (χ1) is 8.97. The van der Waals surface area contributed by atoms with Crippen molar-refractivity contribution in [1.29, 1.82) is 0 Å². The fourth-order valence-electron chi connectivity index (χ4n) is 2.38. The van der Waals surface area contributed by atoms with Gasteiger partial charge in [0, 0.05) is 13.7 Å². The maximum absolute atomic E-state index is 13.1. The van der Waals surface area contributed by atoms with Gasteiger partial charge in [-0.2, -0.15) is 13.2 Å². The van der Waals surface area contributed by atoms with Gasteiger partial charge in [0.05, 0.1) is 5.60 Å². The van der Waals surface area contributed by atoms with Crippen molar-refractivity contribution >= 4 is 0 Å². The molecule has 1 aliphatic carbocycles. The Labute approximate surface area is 111 Å². The summed E-state index contributed by atoms with van der Waals surface area (Å²) < 4.78 is 44.7. The lowest BCUT2D eigenvalue weighted by Crippen LogP contribution is -2.50. The molecule has 0 radical (unpaired) electrons. The van der Waals surface area contributed by atoms with Crippen LogP contribution in [-0.2, 0) is 4.74 Å². The van der Waals surface area contributed by atoms with Crippen LogP contribution in [0.5, 0.6) is 0 Å². The van der Waals surface area contributed by atoms with Crippen molar-refractivity contribution in [3.8, 4) is 0 Å². The molecular weight excluding hydrogens is 255 g/mol. The predicted octanol–water partition coefficient (Wildman–Crippen LogP) is 3.45. The van der Waals surface area contributed by atoms with E-state index in [-0.39, 0.29) is 12.1 Å². The molecule has 2 nitrogen and oxygen atoms in total. The molecule has 0 bridgehead atoms. The minimum atomic E-state index is -4.31. The average molecular weight is 273 g/mol. The van der Waals surface area contributed by atoms with E-state index >= 15 is 0 Å². The Morgan fingerprint density at radius 1 is 1.26 bits per heavy atom. The van der Waals surface area contributed by atoms with Crippen LogP contribution in [0.1, 0.15) is 30.9 Å². The van der Waals surface area contributed by atoms with E-state index in [0.717, 1.165) is 19.3 Å². The van der Waals surface area contributed by atoms with Gasteiger partial charge in [-0.15, -0.1) is 0 Å². The summed E-state index contributed by atoms with van der Waals surface area (Å²) in [5, 5.41) is 2.62. The van der Waals surface area contributed by atoms with E-state index in [4.69, 9.17) is 4.74 Å². The zero-order valence-corrected chi connectivity index (χ0v) is 10.8. The molecule has 1 aromatic carbocycles. The Hall–Kier alpha value is -1.07.